The van der Waals surface area contributed by atoms with Gasteiger partial charge in [0.1, 0.15) is 5.69 Å². The first-order chi connectivity index (χ1) is 13.1. The van der Waals surface area contributed by atoms with Gasteiger partial charge in [-0.15, -0.1) is 0 Å². The Kier molecular flexibility index (Phi) is 4.52. The minimum Gasteiger partial charge on any atom is -0.493 e. The molecular formula is C22H24N2O3. The second kappa shape index (κ2) is 6.99. The maximum atomic E-state index is 13.2. The predicted octanol–water partition coefficient (Wildman–Crippen LogP) is 4.33. The maximum absolute atomic E-state index is 13.2. The second-order valence-corrected chi connectivity index (χ2v) is 6.97. The van der Waals surface area contributed by atoms with Crippen LogP contribution in [0.2, 0.25) is 0 Å². The summed E-state index contributed by atoms with van der Waals surface area (Å²) in [5.41, 5.74) is 4.02. The molecule has 0 fully saturated rings. The van der Waals surface area contributed by atoms with E-state index in [4.69, 9.17) is 9.47 Å². The third-order valence-electron chi connectivity index (χ3n) is 5.50. The first-order valence-corrected chi connectivity index (χ1v) is 9.22. The standard InChI is InChI=1S/C22H24N2O3/c1-24(19-10-6-8-14-7-4-5-9-15(14)19)22(25)18-13-16-17(23-18)11-12-20(26-2)21(16)27-3/h4-5,7,9,11-13,19,23H,6,8,10H2,1-3H3/t19-/m1/s1. The molecule has 1 aromatic heterocycles. The largest absolute Gasteiger partial charge is 0.493 e. The monoisotopic (exact) mass is 364 g/mol. The Labute approximate surface area is 158 Å². The zero-order valence-electron chi connectivity index (χ0n) is 15.9. The van der Waals surface area contributed by atoms with Crippen LogP contribution in [0.15, 0.2) is 42.5 Å². The summed E-state index contributed by atoms with van der Waals surface area (Å²) in [7, 11) is 5.10. The fourth-order valence-electron chi connectivity index (χ4n) is 4.11. The number of carbonyl (C=O) groups excluding carboxylic acids is 1. The van der Waals surface area contributed by atoms with Crippen LogP contribution in [-0.2, 0) is 6.42 Å². The molecule has 0 bridgehead atoms. The van der Waals surface area contributed by atoms with E-state index in [1.54, 1.807) is 14.2 Å². The van der Waals surface area contributed by atoms with Crippen LogP contribution >= 0.6 is 0 Å². The number of nitrogens with one attached hydrogen (secondary N) is 1. The lowest BCUT2D eigenvalue weighted by Crippen LogP contribution is -2.33. The van der Waals surface area contributed by atoms with Crippen molar-refractivity contribution in [2.24, 2.45) is 0 Å². The Morgan fingerprint density at radius 1 is 1.15 bits per heavy atom. The highest BCUT2D eigenvalue weighted by Gasteiger charge is 2.28. The maximum Gasteiger partial charge on any atom is 0.270 e. The molecule has 1 atom stereocenters. The Morgan fingerprint density at radius 2 is 1.96 bits per heavy atom. The Hall–Kier alpha value is -2.95. The number of aromatic amines is 1. The van der Waals surface area contributed by atoms with Crippen molar-refractivity contribution < 1.29 is 14.3 Å². The highest BCUT2D eigenvalue weighted by Crippen LogP contribution is 2.37. The summed E-state index contributed by atoms with van der Waals surface area (Å²) in [5, 5.41) is 0.845. The number of rotatable bonds is 4. The fraction of sp³-hybridized carbons (Fsp3) is 0.318. The van der Waals surface area contributed by atoms with Gasteiger partial charge in [0.05, 0.1) is 25.8 Å². The first kappa shape index (κ1) is 17.5. The molecule has 2 aromatic carbocycles. The van der Waals surface area contributed by atoms with Crippen LogP contribution < -0.4 is 9.47 Å². The molecule has 1 heterocycles. The van der Waals surface area contributed by atoms with Crippen LogP contribution in [0.25, 0.3) is 10.9 Å². The number of amides is 1. The molecule has 1 aliphatic rings. The molecule has 1 N–H and O–H groups in total. The molecule has 1 amide bonds. The number of aromatic nitrogens is 1. The number of fused-ring (bicyclic) bond motifs is 2. The number of hydrogen-bond acceptors (Lipinski definition) is 3. The number of carbonyl (C=O) groups is 1. The lowest BCUT2D eigenvalue weighted by atomic mass is 9.87. The summed E-state index contributed by atoms with van der Waals surface area (Å²) in [4.78, 5) is 18.3. The zero-order valence-corrected chi connectivity index (χ0v) is 15.9. The van der Waals surface area contributed by atoms with Crippen molar-refractivity contribution in [2.75, 3.05) is 21.3 Å². The molecule has 5 heteroatoms. The molecule has 0 radical (unpaired) electrons. The zero-order chi connectivity index (χ0) is 19.0. The van der Waals surface area contributed by atoms with Crippen molar-refractivity contribution in [3.05, 3.63) is 59.3 Å². The fourth-order valence-corrected chi connectivity index (χ4v) is 4.11. The predicted molar refractivity (Wildman–Crippen MR) is 106 cm³/mol. The minimum atomic E-state index is -0.0195. The molecule has 0 unspecified atom stereocenters. The van der Waals surface area contributed by atoms with Crippen LogP contribution in [0.1, 0.15) is 40.5 Å². The highest BCUT2D eigenvalue weighted by atomic mass is 16.5. The number of nitrogens with zero attached hydrogens (tertiary/aromatic N) is 1. The van der Waals surface area contributed by atoms with Crippen LogP contribution in [-0.4, -0.2) is 37.1 Å². The van der Waals surface area contributed by atoms with E-state index in [2.05, 4.69) is 29.2 Å². The summed E-state index contributed by atoms with van der Waals surface area (Å²) in [5.74, 6) is 1.27. The van der Waals surface area contributed by atoms with Gasteiger partial charge < -0.3 is 19.4 Å². The number of benzene rings is 2. The summed E-state index contributed by atoms with van der Waals surface area (Å²) in [6, 6.07) is 14.1. The van der Waals surface area contributed by atoms with Gasteiger partial charge >= 0.3 is 0 Å². The van der Waals surface area contributed by atoms with Crippen LogP contribution in [0.5, 0.6) is 11.5 Å². The Bertz CT molecular complexity index is 992. The van der Waals surface area contributed by atoms with Gasteiger partial charge in [-0.05, 0) is 48.6 Å². The molecule has 5 nitrogen and oxygen atoms in total. The van der Waals surface area contributed by atoms with Gasteiger partial charge in [-0.1, -0.05) is 24.3 Å². The third-order valence-corrected chi connectivity index (χ3v) is 5.50. The molecule has 3 aromatic rings. The van der Waals surface area contributed by atoms with Crippen molar-refractivity contribution in [2.45, 2.75) is 25.3 Å². The molecule has 140 valence electrons. The van der Waals surface area contributed by atoms with E-state index in [0.29, 0.717) is 17.2 Å². The van der Waals surface area contributed by atoms with Gasteiger partial charge in [-0.2, -0.15) is 0 Å². The molecule has 0 saturated carbocycles. The number of methoxy groups -OCH3 is 2. The molecule has 0 aliphatic heterocycles. The van der Waals surface area contributed by atoms with Gasteiger partial charge in [0.2, 0.25) is 0 Å². The summed E-state index contributed by atoms with van der Waals surface area (Å²) in [6.45, 7) is 0. The van der Waals surface area contributed by atoms with Gasteiger partial charge in [0.15, 0.2) is 11.5 Å². The highest BCUT2D eigenvalue weighted by molar-refractivity contribution is 6.00. The molecule has 0 saturated heterocycles. The number of hydrogen-bond donors (Lipinski definition) is 1. The summed E-state index contributed by atoms with van der Waals surface area (Å²) < 4.78 is 10.9. The molecular weight excluding hydrogens is 340 g/mol. The van der Waals surface area contributed by atoms with E-state index in [1.165, 1.54) is 11.1 Å². The lowest BCUT2D eigenvalue weighted by molar-refractivity contribution is 0.0710. The van der Waals surface area contributed by atoms with E-state index in [9.17, 15) is 4.79 Å². The van der Waals surface area contributed by atoms with Crippen molar-refractivity contribution >= 4 is 16.8 Å². The summed E-state index contributed by atoms with van der Waals surface area (Å²) >= 11 is 0. The van der Waals surface area contributed by atoms with Gasteiger partial charge in [0.25, 0.3) is 5.91 Å². The van der Waals surface area contributed by atoms with Crippen LogP contribution in [0.3, 0.4) is 0 Å². The second-order valence-electron chi connectivity index (χ2n) is 6.97. The van der Waals surface area contributed by atoms with E-state index in [-0.39, 0.29) is 11.9 Å². The number of H-pyrrole nitrogens is 1. The number of ether oxygens (including phenoxy) is 2. The van der Waals surface area contributed by atoms with Crippen molar-refractivity contribution in [1.82, 2.24) is 9.88 Å². The van der Waals surface area contributed by atoms with Crippen molar-refractivity contribution in [1.29, 1.82) is 0 Å². The van der Waals surface area contributed by atoms with Gasteiger partial charge in [0, 0.05) is 12.4 Å². The van der Waals surface area contributed by atoms with Crippen LogP contribution in [0.4, 0.5) is 0 Å². The average Bonchev–Trinajstić information content (AvgIpc) is 3.15. The van der Waals surface area contributed by atoms with Gasteiger partial charge in [-0.25, -0.2) is 0 Å². The first-order valence-electron chi connectivity index (χ1n) is 9.22. The molecule has 1 aliphatic carbocycles. The molecule has 27 heavy (non-hydrogen) atoms. The number of aryl methyl sites for hydroxylation is 1. The smallest absolute Gasteiger partial charge is 0.270 e. The van der Waals surface area contributed by atoms with Crippen molar-refractivity contribution in [3.63, 3.8) is 0 Å². The molecule has 4 rings (SSSR count). The summed E-state index contributed by atoms with van der Waals surface area (Å²) in [6.07, 6.45) is 3.16. The molecule has 0 spiro atoms. The van der Waals surface area contributed by atoms with E-state index in [0.717, 1.165) is 30.2 Å². The SMILES string of the molecule is COc1ccc2[nH]c(C(=O)N(C)[C@@H]3CCCc4ccccc43)cc2c1OC. The minimum absolute atomic E-state index is 0.0195. The van der Waals surface area contributed by atoms with E-state index in [1.807, 2.05) is 30.1 Å². The van der Waals surface area contributed by atoms with E-state index >= 15 is 0 Å². The third kappa shape index (κ3) is 2.93. The topological polar surface area (TPSA) is 54.6 Å². The Morgan fingerprint density at radius 3 is 2.74 bits per heavy atom. The average molecular weight is 364 g/mol. The van der Waals surface area contributed by atoms with Crippen molar-refractivity contribution in [3.8, 4) is 11.5 Å². The van der Waals surface area contributed by atoms with Crippen LogP contribution in [0, 0.1) is 0 Å². The normalized spacial score (nSPS) is 16.0. The van der Waals surface area contributed by atoms with E-state index < -0.39 is 0 Å². The lowest BCUT2D eigenvalue weighted by Gasteiger charge is -2.33. The quantitative estimate of drug-likeness (QED) is 0.749. The Balaban J connectivity index is 1.69. The van der Waals surface area contributed by atoms with Gasteiger partial charge in [-0.3, -0.25) is 4.79 Å².